The van der Waals surface area contributed by atoms with Gasteiger partial charge in [0.25, 0.3) is 0 Å². The summed E-state index contributed by atoms with van der Waals surface area (Å²) in [4.78, 5) is 11.3. The maximum atomic E-state index is 11.3. The van der Waals surface area contributed by atoms with Crippen LogP contribution in [-0.4, -0.2) is 12.9 Å². The van der Waals surface area contributed by atoms with Crippen molar-refractivity contribution in [3.05, 3.63) is 23.5 Å². The number of carbonyl (C=O) groups excluding carboxylic acids is 1. The van der Waals surface area contributed by atoms with Crippen LogP contribution in [0.2, 0.25) is 0 Å². The topological polar surface area (TPSA) is 26.3 Å². The summed E-state index contributed by atoms with van der Waals surface area (Å²) in [5.74, 6) is 1.85. The Kier molecular flexibility index (Phi) is 2.21. The molecule has 2 heteroatoms. The summed E-state index contributed by atoms with van der Waals surface area (Å²) in [6.07, 6.45) is 7.57. The zero-order valence-corrected chi connectivity index (χ0v) is 7.88. The molecule has 0 radical (unpaired) electrons. The van der Waals surface area contributed by atoms with E-state index in [0.29, 0.717) is 18.1 Å². The lowest BCUT2D eigenvalue weighted by Gasteiger charge is -2.27. The molecule has 0 saturated heterocycles. The molecule has 1 fully saturated rings. The summed E-state index contributed by atoms with van der Waals surface area (Å²) in [6, 6.07) is 0. The van der Waals surface area contributed by atoms with Crippen molar-refractivity contribution in [1.82, 2.24) is 0 Å². The molecule has 1 unspecified atom stereocenters. The molecular weight excluding hydrogens is 164 g/mol. The molecule has 2 rings (SSSR count). The van der Waals surface area contributed by atoms with E-state index in [2.05, 4.69) is 6.08 Å². The predicted octanol–water partition coefficient (Wildman–Crippen LogP) is 2.22. The number of rotatable bonds is 1. The zero-order chi connectivity index (χ0) is 9.26. The molecule has 2 aliphatic carbocycles. The molecule has 1 saturated carbocycles. The van der Waals surface area contributed by atoms with E-state index in [-0.39, 0.29) is 0 Å². The van der Waals surface area contributed by atoms with Gasteiger partial charge in [-0.25, -0.2) is 0 Å². The number of hydrogen-bond acceptors (Lipinski definition) is 2. The molecule has 0 aliphatic heterocycles. The molecule has 1 atom stereocenters. The van der Waals surface area contributed by atoms with Gasteiger partial charge in [-0.1, -0.05) is 6.08 Å². The predicted molar refractivity (Wildman–Crippen MR) is 50.1 cm³/mol. The van der Waals surface area contributed by atoms with Gasteiger partial charge in [0.2, 0.25) is 0 Å². The summed E-state index contributed by atoms with van der Waals surface area (Å²) >= 11 is 0. The third-order valence-electron chi connectivity index (χ3n) is 2.88. The minimum Gasteiger partial charge on any atom is -0.497 e. The monoisotopic (exact) mass is 178 g/mol. The van der Waals surface area contributed by atoms with Crippen LogP contribution in [0.15, 0.2) is 23.5 Å². The Balaban J connectivity index is 2.29. The minimum absolute atomic E-state index is 0.358. The highest BCUT2D eigenvalue weighted by molar-refractivity contribution is 5.82. The molecule has 0 spiro atoms. The van der Waals surface area contributed by atoms with Crippen LogP contribution < -0.4 is 0 Å². The molecule has 0 N–H and O–H groups in total. The Morgan fingerprint density at radius 2 is 2.38 bits per heavy atom. The molecule has 0 aromatic rings. The van der Waals surface area contributed by atoms with E-state index in [1.807, 2.05) is 6.08 Å². The summed E-state index contributed by atoms with van der Waals surface area (Å²) in [6.45, 7) is 0. The van der Waals surface area contributed by atoms with Crippen LogP contribution in [0, 0.1) is 5.92 Å². The summed E-state index contributed by atoms with van der Waals surface area (Å²) in [5, 5.41) is 0. The molecule has 0 heterocycles. The lowest BCUT2D eigenvalue weighted by atomic mass is 9.79. The number of hydrogen-bond donors (Lipinski definition) is 0. The smallest absolute Gasteiger partial charge is 0.137 e. The highest BCUT2D eigenvalue weighted by Crippen LogP contribution is 2.35. The van der Waals surface area contributed by atoms with Crippen molar-refractivity contribution < 1.29 is 9.53 Å². The first-order valence-electron chi connectivity index (χ1n) is 4.76. The van der Waals surface area contributed by atoms with Crippen LogP contribution in [0.25, 0.3) is 0 Å². The summed E-state index contributed by atoms with van der Waals surface area (Å²) < 4.78 is 5.25. The molecule has 70 valence electrons. The summed E-state index contributed by atoms with van der Waals surface area (Å²) in [5.41, 5.74) is 1.22. The van der Waals surface area contributed by atoms with Gasteiger partial charge in [0.15, 0.2) is 0 Å². The molecule has 2 aliphatic rings. The lowest BCUT2D eigenvalue weighted by molar-refractivity contribution is -0.119. The molecular formula is C11H14O2. The molecule has 2 nitrogen and oxygen atoms in total. The van der Waals surface area contributed by atoms with Crippen molar-refractivity contribution >= 4 is 5.78 Å². The average molecular weight is 178 g/mol. The van der Waals surface area contributed by atoms with E-state index >= 15 is 0 Å². The van der Waals surface area contributed by atoms with Crippen molar-refractivity contribution in [1.29, 1.82) is 0 Å². The van der Waals surface area contributed by atoms with Crippen molar-refractivity contribution in [2.45, 2.75) is 25.7 Å². The molecule has 13 heavy (non-hydrogen) atoms. The van der Waals surface area contributed by atoms with Gasteiger partial charge in [0.05, 0.1) is 7.11 Å². The number of Topliss-reactive ketones (excluding diaryl/α,β-unsaturated/α-hetero) is 1. The number of ketones is 1. The van der Waals surface area contributed by atoms with E-state index in [0.717, 1.165) is 25.0 Å². The van der Waals surface area contributed by atoms with Gasteiger partial charge in [0.1, 0.15) is 11.5 Å². The van der Waals surface area contributed by atoms with Crippen molar-refractivity contribution in [2.75, 3.05) is 7.11 Å². The van der Waals surface area contributed by atoms with Crippen LogP contribution in [0.4, 0.5) is 0 Å². The Bertz CT molecular complexity index is 286. The number of allylic oxidation sites excluding steroid dienone is 3. The van der Waals surface area contributed by atoms with Crippen LogP contribution in [0.1, 0.15) is 25.7 Å². The Hall–Kier alpha value is -1.05. The van der Waals surface area contributed by atoms with Crippen molar-refractivity contribution in [3.63, 3.8) is 0 Å². The molecule has 0 aromatic heterocycles. The maximum absolute atomic E-state index is 11.3. The van der Waals surface area contributed by atoms with E-state index < -0.39 is 0 Å². The van der Waals surface area contributed by atoms with Gasteiger partial charge in [0, 0.05) is 12.8 Å². The fourth-order valence-electron chi connectivity index (χ4n) is 2.15. The first-order valence-corrected chi connectivity index (χ1v) is 4.76. The van der Waals surface area contributed by atoms with Gasteiger partial charge in [-0.2, -0.15) is 0 Å². The number of fused-ring (bicyclic) bond motifs is 1. The number of methoxy groups -OCH3 is 1. The van der Waals surface area contributed by atoms with E-state index in [1.165, 1.54) is 5.57 Å². The molecule has 0 amide bonds. The van der Waals surface area contributed by atoms with Crippen LogP contribution in [0.5, 0.6) is 0 Å². The van der Waals surface area contributed by atoms with Crippen molar-refractivity contribution in [2.24, 2.45) is 5.92 Å². The van der Waals surface area contributed by atoms with Crippen molar-refractivity contribution in [3.8, 4) is 0 Å². The van der Waals surface area contributed by atoms with Crippen LogP contribution >= 0.6 is 0 Å². The number of ether oxygens (including phenoxy) is 1. The fraction of sp³-hybridized carbons (Fsp3) is 0.545. The SMILES string of the molecule is COC1=C2CC(=O)CCC2CC=C1. The van der Waals surface area contributed by atoms with Crippen LogP contribution in [-0.2, 0) is 9.53 Å². The third-order valence-corrected chi connectivity index (χ3v) is 2.88. The number of carbonyl (C=O) groups is 1. The fourth-order valence-corrected chi connectivity index (χ4v) is 2.15. The quantitative estimate of drug-likeness (QED) is 0.615. The van der Waals surface area contributed by atoms with Gasteiger partial charge >= 0.3 is 0 Å². The van der Waals surface area contributed by atoms with E-state index in [4.69, 9.17) is 4.74 Å². The Labute approximate surface area is 78.3 Å². The minimum atomic E-state index is 0.358. The standard InChI is InChI=1S/C11H14O2/c1-13-11-4-2-3-8-5-6-9(12)7-10(8)11/h2,4,8H,3,5-7H2,1H3. The van der Waals surface area contributed by atoms with E-state index in [9.17, 15) is 4.79 Å². The molecule has 0 aromatic carbocycles. The van der Waals surface area contributed by atoms with Gasteiger partial charge < -0.3 is 4.74 Å². The molecule has 0 bridgehead atoms. The normalized spacial score (nSPS) is 27.5. The Morgan fingerprint density at radius 1 is 1.54 bits per heavy atom. The second kappa shape index (κ2) is 3.36. The van der Waals surface area contributed by atoms with E-state index in [1.54, 1.807) is 7.11 Å². The maximum Gasteiger partial charge on any atom is 0.137 e. The average Bonchev–Trinajstić information content (AvgIpc) is 2.17. The summed E-state index contributed by atoms with van der Waals surface area (Å²) in [7, 11) is 1.67. The highest BCUT2D eigenvalue weighted by Gasteiger charge is 2.27. The Morgan fingerprint density at radius 3 is 3.15 bits per heavy atom. The lowest BCUT2D eigenvalue weighted by Crippen LogP contribution is -2.20. The second-order valence-electron chi connectivity index (χ2n) is 3.68. The first-order chi connectivity index (χ1) is 6.31. The van der Waals surface area contributed by atoms with Gasteiger partial charge in [-0.05, 0) is 30.4 Å². The van der Waals surface area contributed by atoms with Crippen LogP contribution in [0.3, 0.4) is 0 Å². The zero-order valence-electron chi connectivity index (χ0n) is 7.88. The third kappa shape index (κ3) is 1.53. The first kappa shape index (κ1) is 8.54. The largest absolute Gasteiger partial charge is 0.497 e. The van der Waals surface area contributed by atoms with Gasteiger partial charge in [-0.3, -0.25) is 4.79 Å². The second-order valence-corrected chi connectivity index (χ2v) is 3.68. The highest BCUT2D eigenvalue weighted by atomic mass is 16.5. The van der Waals surface area contributed by atoms with Gasteiger partial charge in [-0.15, -0.1) is 0 Å².